The zero-order valence-corrected chi connectivity index (χ0v) is 8.71. The predicted octanol–water partition coefficient (Wildman–Crippen LogP) is 2.58. The van der Waals surface area contributed by atoms with Gasteiger partial charge in [-0.2, -0.15) is 0 Å². The Morgan fingerprint density at radius 2 is 1.92 bits per heavy atom. The number of hydrogen-bond donors (Lipinski definition) is 1. The lowest BCUT2D eigenvalue weighted by Gasteiger charge is -2.00. The number of carboxylic acids is 1. The van der Waals surface area contributed by atoms with Crippen LogP contribution in [0.1, 0.15) is 21.5 Å². The number of carboxylic acid groups (broad SMARTS) is 1. The zero-order chi connectivity index (χ0) is 8.43. The van der Waals surface area contributed by atoms with Gasteiger partial charge in [-0.15, -0.1) is 17.0 Å². The van der Waals surface area contributed by atoms with Crippen molar-refractivity contribution in [2.75, 3.05) is 0 Å². The van der Waals surface area contributed by atoms with Gasteiger partial charge in [0.05, 0.1) is 5.56 Å². The second-order valence-electron chi connectivity index (χ2n) is 2.62. The van der Waals surface area contributed by atoms with Crippen molar-refractivity contribution in [1.82, 2.24) is 0 Å². The standard InChI is InChI=1S/C9H10O2.BrH/c1-6-3-4-8(9(10)11)7(2)5-6;/h3-5H,1-2H3,(H,10,11);1H. The van der Waals surface area contributed by atoms with Gasteiger partial charge in [-0.1, -0.05) is 17.7 Å². The summed E-state index contributed by atoms with van der Waals surface area (Å²) in [7, 11) is 0. The molecule has 0 aliphatic rings. The molecule has 0 aliphatic heterocycles. The molecule has 1 aromatic rings. The molecule has 12 heavy (non-hydrogen) atoms. The minimum Gasteiger partial charge on any atom is -0.478 e. The van der Waals surface area contributed by atoms with Crippen molar-refractivity contribution < 1.29 is 9.90 Å². The van der Waals surface area contributed by atoms with Gasteiger partial charge < -0.3 is 5.11 Å². The van der Waals surface area contributed by atoms with Gasteiger partial charge in [0, 0.05) is 0 Å². The summed E-state index contributed by atoms with van der Waals surface area (Å²) in [6.07, 6.45) is 0. The van der Waals surface area contributed by atoms with E-state index in [1.165, 1.54) is 0 Å². The lowest BCUT2D eigenvalue weighted by atomic mass is 10.1. The normalized spacial score (nSPS) is 8.83. The summed E-state index contributed by atoms with van der Waals surface area (Å²) in [5.74, 6) is -0.859. The van der Waals surface area contributed by atoms with Crippen molar-refractivity contribution in [3.05, 3.63) is 34.9 Å². The molecule has 0 unspecified atom stereocenters. The van der Waals surface area contributed by atoms with Crippen molar-refractivity contribution in [2.45, 2.75) is 13.8 Å². The molecule has 0 amide bonds. The quantitative estimate of drug-likeness (QED) is 0.806. The van der Waals surface area contributed by atoms with E-state index in [2.05, 4.69) is 0 Å². The summed E-state index contributed by atoms with van der Waals surface area (Å²) in [4.78, 5) is 10.5. The van der Waals surface area contributed by atoms with Crippen LogP contribution < -0.4 is 0 Å². The molecule has 0 saturated carbocycles. The summed E-state index contributed by atoms with van der Waals surface area (Å²) in [5.41, 5.74) is 2.29. The van der Waals surface area contributed by atoms with Gasteiger partial charge in [-0.05, 0) is 25.5 Å². The summed E-state index contributed by atoms with van der Waals surface area (Å²) in [6, 6.07) is 5.30. The first-order valence-electron chi connectivity index (χ1n) is 3.42. The molecule has 3 heteroatoms. The Labute approximate surface area is 82.0 Å². The number of rotatable bonds is 1. The number of aryl methyl sites for hydroxylation is 2. The van der Waals surface area contributed by atoms with Crippen LogP contribution in [0.5, 0.6) is 0 Å². The monoisotopic (exact) mass is 230 g/mol. The third-order valence-corrected chi connectivity index (χ3v) is 1.61. The summed E-state index contributed by atoms with van der Waals surface area (Å²) in [6.45, 7) is 3.75. The van der Waals surface area contributed by atoms with Crippen molar-refractivity contribution in [1.29, 1.82) is 0 Å². The van der Waals surface area contributed by atoms with E-state index in [4.69, 9.17) is 5.11 Å². The minimum atomic E-state index is -0.859. The van der Waals surface area contributed by atoms with Crippen LogP contribution in [0.3, 0.4) is 0 Å². The Bertz CT molecular complexity index is 295. The molecule has 0 saturated heterocycles. The number of benzene rings is 1. The molecule has 0 fully saturated rings. The molecule has 0 aromatic heterocycles. The molecule has 0 heterocycles. The van der Waals surface area contributed by atoms with Crippen LogP contribution >= 0.6 is 17.0 Å². The van der Waals surface area contributed by atoms with Crippen LogP contribution in [-0.2, 0) is 0 Å². The van der Waals surface area contributed by atoms with Crippen molar-refractivity contribution >= 4 is 23.0 Å². The molecule has 1 aromatic carbocycles. The molecule has 2 nitrogen and oxygen atoms in total. The topological polar surface area (TPSA) is 37.3 Å². The van der Waals surface area contributed by atoms with E-state index >= 15 is 0 Å². The Morgan fingerprint density at radius 3 is 2.33 bits per heavy atom. The summed E-state index contributed by atoms with van der Waals surface area (Å²) >= 11 is 0. The fraction of sp³-hybridized carbons (Fsp3) is 0.222. The van der Waals surface area contributed by atoms with Gasteiger partial charge in [-0.25, -0.2) is 4.79 Å². The molecule has 66 valence electrons. The highest BCUT2D eigenvalue weighted by molar-refractivity contribution is 8.93. The van der Waals surface area contributed by atoms with E-state index in [9.17, 15) is 4.79 Å². The zero-order valence-electron chi connectivity index (χ0n) is 7.00. The lowest BCUT2D eigenvalue weighted by Crippen LogP contribution is -1.99. The predicted molar refractivity (Wildman–Crippen MR) is 53.2 cm³/mol. The van der Waals surface area contributed by atoms with Gasteiger partial charge in [-0.3, -0.25) is 0 Å². The number of halogens is 1. The minimum absolute atomic E-state index is 0. The maximum atomic E-state index is 10.5. The van der Waals surface area contributed by atoms with E-state index < -0.39 is 5.97 Å². The molecule has 1 N–H and O–H groups in total. The molecule has 0 atom stereocenters. The first-order chi connectivity index (χ1) is 5.11. The van der Waals surface area contributed by atoms with E-state index in [1.807, 2.05) is 13.0 Å². The van der Waals surface area contributed by atoms with Crippen LogP contribution in [0.15, 0.2) is 18.2 Å². The molecule has 0 radical (unpaired) electrons. The summed E-state index contributed by atoms with van der Waals surface area (Å²) < 4.78 is 0. The Morgan fingerprint density at radius 1 is 1.33 bits per heavy atom. The Hall–Kier alpha value is -0.830. The smallest absolute Gasteiger partial charge is 0.335 e. The molecule has 0 spiro atoms. The Kier molecular flexibility index (Phi) is 3.96. The van der Waals surface area contributed by atoms with Crippen molar-refractivity contribution in [3.8, 4) is 0 Å². The molecule has 0 aliphatic carbocycles. The van der Waals surface area contributed by atoms with E-state index in [0.717, 1.165) is 11.1 Å². The second-order valence-corrected chi connectivity index (χ2v) is 2.62. The SMILES string of the molecule is Br.Cc1ccc(C(=O)O)c(C)c1. The highest BCUT2D eigenvalue weighted by Gasteiger charge is 2.04. The van der Waals surface area contributed by atoms with Gasteiger partial charge in [0.25, 0.3) is 0 Å². The largest absolute Gasteiger partial charge is 0.478 e. The first-order valence-corrected chi connectivity index (χ1v) is 3.42. The fourth-order valence-corrected chi connectivity index (χ4v) is 1.05. The number of hydrogen-bond acceptors (Lipinski definition) is 1. The van der Waals surface area contributed by atoms with Crippen LogP contribution in [-0.4, -0.2) is 11.1 Å². The number of aromatic carboxylic acids is 1. The van der Waals surface area contributed by atoms with E-state index in [1.54, 1.807) is 19.1 Å². The molecular weight excluding hydrogens is 220 g/mol. The third-order valence-electron chi connectivity index (χ3n) is 1.61. The first kappa shape index (κ1) is 11.2. The van der Waals surface area contributed by atoms with Gasteiger partial charge in [0.1, 0.15) is 0 Å². The van der Waals surface area contributed by atoms with Gasteiger partial charge in [0.15, 0.2) is 0 Å². The maximum absolute atomic E-state index is 10.5. The van der Waals surface area contributed by atoms with Crippen LogP contribution in [0, 0.1) is 13.8 Å². The molecule has 1 rings (SSSR count). The average Bonchev–Trinajstić information content (AvgIpc) is 1.85. The van der Waals surface area contributed by atoms with E-state index in [0.29, 0.717) is 5.56 Å². The van der Waals surface area contributed by atoms with Gasteiger partial charge >= 0.3 is 5.97 Å². The van der Waals surface area contributed by atoms with Crippen LogP contribution in [0.25, 0.3) is 0 Å². The molecule has 0 bridgehead atoms. The van der Waals surface area contributed by atoms with Gasteiger partial charge in [0.2, 0.25) is 0 Å². The van der Waals surface area contributed by atoms with Crippen LogP contribution in [0.4, 0.5) is 0 Å². The Balaban J connectivity index is 0.00000121. The average molecular weight is 231 g/mol. The molecular formula is C9H11BrO2. The van der Waals surface area contributed by atoms with Crippen molar-refractivity contribution in [2.24, 2.45) is 0 Å². The lowest BCUT2D eigenvalue weighted by molar-refractivity contribution is 0.0696. The van der Waals surface area contributed by atoms with Crippen LogP contribution in [0.2, 0.25) is 0 Å². The highest BCUT2D eigenvalue weighted by Crippen LogP contribution is 2.09. The highest BCUT2D eigenvalue weighted by atomic mass is 79.9. The van der Waals surface area contributed by atoms with E-state index in [-0.39, 0.29) is 17.0 Å². The number of carbonyl (C=O) groups is 1. The second kappa shape index (κ2) is 4.26. The fourth-order valence-electron chi connectivity index (χ4n) is 1.05. The maximum Gasteiger partial charge on any atom is 0.335 e. The summed E-state index contributed by atoms with van der Waals surface area (Å²) in [5, 5.41) is 8.66. The van der Waals surface area contributed by atoms with Crippen molar-refractivity contribution in [3.63, 3.8) is 0 Å². The third kappa shape index (κ3) is 2.34.